The summed E-state index contributed by atoms with van der Waals surface area (Å²) in [6.45, 7) is 8.47. The standard InChI is InChI=1S/C21H29N3O2/c1-14(2)24-10-8-17(9-11-24)23(4)21(25)19-12-16-6-7-18(26-5)13-20(16)22-15(19)3/h6-7,12-14,17H,8-11H2,1-5H3. The van der Waals surface area contributed by atoms with E-state index in [9.17, 15) is 4.79 Å². The van der Waals surface area contributed by atoms with E-state index in [1.165, 1.54) is 0 Å². The fourth-order valence-electron chi connectivity index (χ4n) is 3.73. The summed E-state index contributed by atoms with van der Waals surface area (Å²) in [5.41, 5.74) is 2.31. The van der Waals surface area contributed by atoms with Gasteiger partial charge in [-0.05, 0) is 51.8 Å². The van der Waals surface area contributed by atoms with Crippen molar-refractivity contribution in [2.24, 2.45) is 0 Å². The molecule has 1 saturated heterocycles. The van der Waals surface area contributed by atoms with Gasteiger partial charge in [0.25, 0.3) is 5.91 Å². The summed E-state index contributed by atoms with van der Waals surface area (Å²) in [7, 11) is 3.57. The number of rotatable bonds is 4. The van der Waals surface area contributed by atoms with Crippen LogP contribution < -0.4 is 4.74 Å². The SMILES string of the molecule is COc1ccc2cc(C(=O)N(C)C3CCN(C(C)C)CC3)c(C)nc2c1. The van der Waals surface area contributed by atoms with Crippen LogP contribution in [0, 0.1) is 6.92 Å². The molecule has 0 atom stereocenters. The third-order valence-corrected chi connectivity index (χ3v) is 5.54. The molecule has 1 aliphatic heterocycles. The van der Waals surface area contributed by atoms with E-state index in [0.29, 0.717) is 17.6 Å². The number of ether oxygens (including phenoxy) is 1. The van der Waals surface area contributed by atoms with Gasteiger partial charge in [-0.1, -0.05) is 0 Å². The first kappa shape index (κ1) is 18.6. The minimum absolute atomic E-state index is 0.0655. The predicted octanol–water partition coefficient (Wildman–Crippen LogP) is 3.50. The number of benzene rings is 1. The first-order valence-corrected chi connectivity index (χ1v) is 9.37. The van der Waals surface area contributed by atoms with Crippen LogP contribution in [0.5, 0.6) is 5.75 Å². The Labute approximate surface area is 156 Å². The van der Waals surface area contributed by atoms with Gasteiger partial charge < -0.3 is 14.5 Å². The number of methoxy groups -OCH3 is 1. The fraction of sp³-hybridized carbons (Fsp3) is 0.524. The molecule has 5 heteroatoms. The fourth-order valence-corrected chi connectivity index (χ4v) is 3.73. The number of amides is 1. The van der Waals surface area contributed by atoms with E-state index in [1.54, 1.807) is 7.11 Å². The van der Waals surface area contributed by atoms with Gasteiger partial charge in [0.2, 0.25) is 0 Å². The Bertz CT molecular complexity index is 795. The molecular weight excluding hydrogens is 326 g/mol. The Morgan fingerprint density at radius 2 is 1.96 bits per heavy atom. The molecule has 140 valence electrons. The highest BCUT2D eigenvalue weighted by atomic mass is 16.5. The van der Waals surface area contributed by atoms with E-state index in [1.807, 2.05) is 43.1 Å². The van der Waals surface area contributed by atoms with Crippen molar-refractivity contribution in [3.05, 3.63) is 35.5 Å². The number of pyridine rings is 1. The predicted molar refractivity (Wildman–Crippen MR) is 105 cm³/mol. The van der Waals surface area contributed by atoms with Crippen LogP contribution >= 0.6 is 0 Å². The molecule has 1 aliphatic rings. The Hall–Kier alpha value is -2.14. The maximum absolute atomic E-state index is 13.1. The van der Waals surface area contributed by atoms with Crippen LogP contribution in [0.2, 0.25) is 0 Å². The van der Waals surface area contributed by atoms with Crippen LogP contribution in [0.4, 0.5) is 0 Å². The van der Waals surface area contributed by atoms with E-state index in [-0.39, 0.29) is 5.91 Å². The quantitative estimate of drug-likeness (QED) is 0.842. The molecule has 2 aromatic rings. The van der Waals surface area contributed by atoms with Crippen molar-refractivity contribution < 1.29 is 9.53 Å². The Balaban J connectivity index is 1.79. The summed E-state index contributed by atoms with van der Waals surface area (Å²) in [4.78, 5) is 22.1. The molecule has 0 spiro atoms. The molecule has 1 amide bonds. The van der Waals surface area contributed by atoms with Crippen LogP contribution in [0.25, 0.3) is 10.9 Å². The lowest BCUT2D eigenvalue weighted by Gasteiger charge is -2.38. The summed E-state index contributed by atoms with van der Waals surface area (Å²) in [5, 5.41) is 0.961. The number of hydrogen-bond donors (Lipinski definition) is 0. The van der Waals surface area contributed by atoms with E-state index in [2.05, 4.69) is 23.7 Å². The van der Waals surface area contributed by atoms with Gasteiger partial charge in [0.1, 0.15) is 5.75 Å². The molecular formula is C21H29N3O2. The van der Waals surface area contributed by atoms with Crippen molar-refractivity contribution in [1.29, 1.82) is 0 Å². The average Bonchev–Trinajstić information content (AvgIpc) is 2.65. The maximum Gasteiger partial charge on any atom is 0.255 e. The monoisotopic (exact) mass is 355 g/mol. The zero-order valence-corrected chi connectivity index (χ0v) is 16.5. The maximum atomic E-state index is 13.1. The van der Waals surface area contributed by atoms with Crippen molar-refractivity contribution >= 4 is 16.8 Å². The summed E-state index contributed by atoms with van der Waals surface area (Å²) < 4.78 is 5.26. The van der Waals surface area contributed by atoms with Crippen LogP contribution in [0.1, 0.15) is 42.7 Å². The lowest BCUT2D eigenvalue weighted by Crippen LogP contribution is -2.47. The highest BCUT2D eigenvalue weighted by Gasteiger charge is 2.27. The minimum atomic E-state index is 0.0655. The van der Waals surface area contributed by atoms with Gasteiger partial charge in [0.05, 0.1) is 23.9 Å². The van der Waals surface area contributed by atoms with E-state index in [4.69, 9.17) is 4.74 Å². The molecule has 3 rings (SSSR count). The van der Waals surface area contributed by atoms with E-state index >= 15 is 0 Å². The topological polar surface area (TPSA) is 45.7 Å². The molecule has 0 N–H and O–H groups in total. The van der Waals surface area contributed by atoms with E-state index in [0.717, 1.165) is 48.3 Å². The van der Waals surface area contributed by atoms with Crippen molar-refractivity contribution in [3.8, 4) is 5.75 Å². The van der Waals surface area contributed by atoms with Gasteiger partial charge in [-0.15, -0.1) is 0 Å². The van der Waals surface area contributed by atoms with Gasteiger partial charge in [-0.3, -0.25) is 9.78 Å². The molecule has 0 bridgehead atoms. The lowest BCUT2D eigenvalue weighted by molar-refractivity contribution is 0.0614. The molecule has 0 saturated carbocycles. The molecule has 5 nitrogen and oxygen atoms in total. The summed E-state index contributed by atoms with van der Waals surface area (Å²) in [5.74, 6) is 0.841. The number of carbonyl (C=O) groups excluding carboxylic acids is 1. The largest absolute Gasteiger partial charge is 0.497 e. The molecule has 26 heavy (non-hydrogen) atoms. The normalized spacial score (nSPS) is 16.2. The van der Waals surface area contributed by atoms with Gasteiger partial charge in [-0.2, -0.15) is 0 Å². The summed E-state index contributed by atoms with van der Waals surface area (Å²) in [6.07, 6.45) is 2.05. The second kappa shape index (κ2) is 7.62. The Morgan fingerprint density at radius 3 is 2.58 bits per heavy atom. The number of piperidine rings is 1. The third-order valence-electron chi connectivity index (χ3n) is 5.54. The van der Waals surface area contributed by atoms with Crippen molar-refractivity contribution in [1.82, 2.24) is 14.8 Å². The van der Waals surface area contributed by atoms with Crippen molar-refractivity contribution in [3.63, 3.8) is 0 Å². The highest BCUT2D eigenvalue weighted by Crippen LogP contribution is 2.24. The van der Waals surface area contributed by atoms with Gasteiger partial charge >= 0.3 is 0 Å². The molecule has 0 aliphatic carbocycles. The average molecular weight is 355 g/mol. The first-order valence-electron chi connectivity index (χ1n) is 9.37. The zero-order chi connectivity index (χ0) is 18.8. The van der Waals surface area contributed by atoms with Gasteiger partial charge in [0.15, 0.2) is 0 Å². The van der Waals surface area contributed by atoms with Crippen LogP contribution in [-0.2, 0) is 0 Å². The van der Waals surface area contributed by atoms with Crippen molar-refractivity contribution in [2.75, 3.05) is 27.2 Å². The summed E-state index contributed by atoms with van der Waals surface area (Å²) >= 11 is 0. The number of likely N-dealkylation sites (tertiary alicyclic amines) is 1. The Kier molecular flexibility index (Phi) is 5.47. The van der Waals surface area contributed by atoms with Crippen LogP contribution in [0.3, 0.4) is 0 Å². The number of hydrogen-bond acceptors (Lipinski definition) is 4. The lowest BCUT2D eigenvalue weighted by atomic mass is 10.0. The van der Waals surface area contributed by atoms with Crippen molar-refractivity contribution in [2.45, 2.75) is 45.7 Å². The zero-order valence-electron chi connectivity index (χ0n) is 16.5. The number of carbonyl (C=O) groups is 1. The second-order valence-corrected chi connectivity index (χ2v) is 7.46. The molecule has 0 radical (unpaired) electrons. The molecule has 1 aromatic heterocycles. The highest BCUT2D eigenvalue weighted by molar-refractivity contribution is 5.98. The molecule has 1 aromatic carbocycles. The van der Waals surface area contributed by atoms with Gasteiger partial charge in [-0.25, -0.2) is 0 Å². The number of nitrogens with zero attached hydrogens (tertiary/aromatic N) is 3. The van der Waals surface area contributed by atoms with Crippen LogP contribution in [-0.4, -0.2) is 60.0 Å². The molecule has 2 heterocycles. The minimum Gasteiger partial charge on any atom is -0.497 e. The smallest absolute Gasteiger partial charge is 0.255 e. The molecule has 0 unspecified atom stereocenters. The number of aryl methyl sites for hydroxylation is 1. The third kappa shape index (κ3) is 3.68. The Morgan fingerprint density at radius 1 is 1.27 bits per heavy atom. The first-order chi connectivity index (χ1) is 12.4. The second-order valence-electron chi connectivity index (χ2n) is 7.46. The van der Waals surface area contributed by atoms with Gasteiger partial charge in [0, 0.05) is 43.7 Å². The number of fused-ring (bicyclic) bond motifs is 1. The van der Waals surface area contributed by atoms with E-state index < -0.39 is 0 Å². The summed E-state index contributed by atoms with van der Waals surface area (Å²) in [6, 6.07) is 8.59. The number of aromatic nitrogens is 1. The van der Waals surface area contributed by atoms with Crippen LogP contribution in [0.15, 0.2) is 24.3 Å². The molecule has 1 fully saturated rings.